The molecule has 4 rings (SSSR count). The van der Waals surface area contributed by atoms with Gasteiger partial charge in [-0.25, -0.2) is 13.7 Å². The molecule has 2 N–H and O–H groups in total. The largest absolute Gasteiger partial charge is 0.496 e. The summed E-state index contributed by atoms with van der Waals surface area (Å²) in [4.78, 5) is -0.928. The van der Waals surface area contributed by atoms with Crippen molar-refractivity contribution in [1.82, 2.24) is 0 Å². The van der Waals surface area contributed by atoms with Crippen molar-refractivity contribution in [1.29, 1.82) is 0 Å². The highest BCUT2D eigenvalue weighted by atomic mass is 32.2. The summed E-state index contributed by atoms with van der Waals surface area (Å²) in [6.45, 7) is 9.32. The third-order valence-electron chi connectivity index (χ3n) is 6.99. The van der Waals surface area contributed by atoms with E-state index in [4.69, 9.17) is 14.7 Å². The number of benzene rings is 4. The van der Waals surface area contributed by atoms with Crippen molar-refractivity contribution >= 4 is 32.0 Å². The van der Waals surface area contributed by atoms with Crippen LogP contribution in [0.15, 0.2) is 80.2 Å². The molecule has 0 radical (unpaired) electrons. The summed E-state index contributed by atoms with van der Waals surface area (Å²) in [5.74, 6) is 0.992. The number of rotatable bonds is 11. The number of ether oxygens (including phenoxy) is 2. The summed E-state index contributed by atoms with van der Waals surface area (Å²) in [5.41, 5.74) is 6.26. The van der Waals surface area contributed by atoms with E-state index in [0.29, 0.717) is 34.7 Å². The number of aryl methyl sites for hydroxylation is 5. The molecule has 0 fully saturated rings. The minimum Gasteiger partial charge on any atom is -0.496 e. The van der Waals surface area contributed by atoms with E-state index < -0.39 is 24.9 Å². The first kappa shape index (κ1) is 33.5. The lowest BCUT2D eigenvalue weighted by molar-refractivity contribution is -0.432. The summed E-state index contributed by atoms with van der Waals surface area (Å²) < 4.78 is 77.7. The lowest BCUT2D eigenvalue weighted by Gasteiger charge is -2.17. The second-order valence-corrected chi connectivity index (χ2v) is 14.4. The van der Waals surface area contributed by atoms with Gasteiger partial charge < -0.3 is 9.47 Å². The van der Waals surface area contributed by atoms with Crippen molar-refractivity contribution in [2.75, 3.05) is 7.11 Å². The molecule has 0 aliphatic rings. The number of hydrogen-bond donors (Lipinski definition) is 2. The third kappa shape index (κ3) is 7.26. The summed E-state index contributed by atoms with van der Waals surface area (Å²) >= 11 is 0.592. The SMILES string of the molecule is COc1c(C)cc(Cc2cc(C)c(Oc3ccc(S(=O)(=O)c4ccc(C)c(SOOO)c4)cc3S(=O)(=O)O)c(C)c2)cc1C. The maximum absolute atomic E-state index is 13.4. The van der Waals surface area contributed by atoms with Crippen LogP contribution in [0.5, 0.6) is 17.2 Å². The molecule has 0 saturated heterocycles. The molecular formula is C31H32O10S3. The lowest BCUT2D eigenvalue weighted by Crippen LogP contribution is -2.07. The molecule has 4 aromatic rings. The van der Waals surface area contributed by atoms with Gasteiger partial charge in [-0.3, -0.25) is 4.55 Å². The Labute approximate surface area is 261 Å². The second kappa shape index (κ2) is 13.3. The Kier molecular flexibility index (Phi) is 10.1. The van der Waals surface area contributed by atoms with Crippen LogP contribution < -0.4 is 9.47 Å². The van der Waals surface area contributed by atoms with Crippen LogP contribution in [0.1, 0.15) is 38.9 Å². The fourth-order valence-corrected chi connectivity index (χ4v) is 7.66. The Balaban J connectivity index is 1.68. The molecular weight excluding hydrogens is 629 g/mol. The van der Waals surface area contributed by atoms with E-state index in [1.807, 2.05) is 39.8 Å². The summed E-state index contributed by atoms with van der Waals surface area (Å²) in [5, 5.41) is 12.0. The predicted molar refractivity (Wildman–Crippen MR) is 165 cm³/mol. The van der Waals surface area contributed by atoms with Crippen LogP contribution in [0, 0.1) is 34.6 Å². The maximum Gasteiger partial charge on any atom is 0.298 e. The highest BCUT2D eigenvalue weighted by molar-refractivity contribution is 7.94. The zero-order valence-corrected chi connectivity index (χ0v) is 27.3. The van der Waals surface area contributed by atoms with Crippen LogP contribution in [0.2, 0.25) is 0 Å². The van der Waals surface area contributed by atoms with Gasteiger partial charge in [0.15, 0.2) is 0 Å². The zero-order valence-electron chi connectivity index (χ0n) is 24.9. The van der Waals surface area contributed by atoms with E-state index in [1.165, 1.54) is 30.3 Å². The Morgan fingerprint density at radius 3 is 1.75 bits per heavy atom. The van der Waals surface area contributed by atoms with Gasteiger partial charge in [0, 0.05) is 4.90 Å². The van der Waals surface area contributed by atoms with E-state index in [1.54, 1.807) is 14.0 Å². The average molecular weight is 661 g/mol. The van der Waals surface area contributed by atoms with Gasteiger partial charge in [-0.15, -0.1) is 4.33 Å². The standard InChI is InChI=1S/C31H32O10S3/c1-18-7-8-25(16-28(18)42-41-40-32)43(33,34)26-9-10-27(29(17-26)44(35,36)37)39-31-21(4)13-24(14-22(31)5)15-23-11-19(2)30(38-6)20(3)12-23/h7-14,16-17,32H,15H2,1-6H3,(H,35,36,37). The van der Waals surface area contributed by atoms with Crippen molar-refractivity contribution in [2.24, 2.45) is 0 Å². The smallest absolute Gasteiger partial charge is 0.298 e. The van der Waals surface area contributed by atoms with E-state index in [2.05, 4.69) is 21.5 Å². The highest BCUT2D eigenvalue weighted by Crippen LogP contribution is 2.37. The van der Waals surface area contributed by atoms with Crippen molar-refractivity contribution in [3.63, 3.8) is 0 Å². The predicted octanol–water partition coefficient (Wildman–Crippen LogP) is 7.13. The Morgan fingerprint density at radius 2 is 1.23 bits per heavy atom. The van der Waals surface area contributed by atoms with E-state index in [9.17, 15) is 21.4 Å². The molecule has 44 heavy (non-hydrogen) atoms. The Bertz CT molecular complexity index is 1890. The molecule has 0 heterocycles. The quantitative estimate of drug-likeness (QED) is 0.0733. The first-order chi connectivity index (χ1) is 20.6. The molecule has 10 nitrogen and oxygen atoms in total. The fourth-order valence-electron chi connectivity index (χ4n) is 5.08. The van der Waals surface area contributed by atoms with Crippen LogP contribution >= 0.6 is 12.0 Å². The van der Waals surface area contributed by atoms with Gasteiger partial charge in [0.05, 0.1) is 28.9 Å². The van der Waals surface area contributed by atoms with Crippen LogP contribution in [0.25, 0.3) is 0 Å². The fraction of sp³-hybridized carbons (Fsp3) is 0.226. The maximum atomic E-state index is 13.4. The molecule has 0 bridgehead atoms. The van der Waals surface area contributed by atoms with Gasteiger partial charge in [0.1, 0.15) is 22.1 Å². The summed E-state index contributed by atoms with van der Waals surface area (Å²) in [7, 11) is -7.51. The number of methoxy groups -OCH3 is 1. The molecule has 4 aromatic carbocycles. The Hall–Kier alpha value is -3.43. The molecule has 0 unspecified atom stereocenters. The van der Waals surface area contributed by atoms with Crippen molar-refractivity contribution < 1.29 is 45.5 Å². The molecule has 0 aliphatic heterocycles. The van der Waals surface area contributed by atoms with Crippen LogP contribution in [-0.2, 0) is 35.7 Å². The van der Waals surface area contributed by atoms with Gasteiger partial charge in [0.25, 0.3) is 10.1 Å². The molecule has 234 valence electrons. The van der Waals surface area contributed by atoms with Crippen LogP contribution in [0.3, 0.4) is 0 Å². The third-order valence-corrected chi connectivity index (χ3v) is 10.4. The molecule has 0 aromatic heterocycles. The molecule has 0 saturated carbocycles. The van der Waals surface area contributed by atoms with Crippen LogP contribution in [-0.4, -0.2) is 33.8 Å². The first-order valence-corrected chi connectivity index (χ1v) is 16.9. The molecule has 0 amide bonds. The van der Waals surface area contributed by atoms with Gasteiger partial charge in [0.2, 0.25) is 9.84 Å². The van der Waals surface area contributed by atoms with E-state index >= 15 is 0 Å². The second-order valence-electron chi connectivity index (χ2n) is 10.3. The normalized spacial score (nSPS) is 11.9. The highest BCUT2D eigenvalue weighted by Gasteiger charge is 2.26. The summed E-state index contributed by atoms with van der Waals surface area (Å²) in [6, 6.07) is 15.4. The van der Waals surface area contributed by atoms with E-state index in [-0.39, 0.29) is 15.5 Å². The first-order valence-electron chi connectivity index (χ1n) is 13.2. The van der Waals surface area contributed by atoms with Crippen molar-refractivity contribution in [3.05, 3.63) is 99.6 Å². The minimum absolute atomic E-state index is 0.174. The van der Waals surface area contributed by atoms with Gasteiger partial charge in [-0.05, 0) is 110 Å². The molecule has 13 heteroatoms. The minimum atomic E-state index is -4.90. The summed E-state index contributed by atoms with van der Waals surface area (Å²) in [6.07, 6.45) is 0.648. The molecule has 0 atom stereocenters. The van der Waals surface area contributed by atoms with Crippen molar-refractivity contribution in [3.8, 4) is 17.2 Å². The molecule has 0 spiro atoms. The van der Waals surface area contributed by atoms with E-state index in [0.717, 1.165) is 45.2 Å². The molecule has 0 aliphatic carbocycles. The number of hydrogen-bond acceptors (Lipinski definition) is 10. The Morgan fingerprint density at radius 1 is 0.705 bits per heavy atom. The van der Waals surface area contributed by atoms with Gasteiger partial charge >= 0.3 is 0 Å². The van der Waals surface area contributed by atoms with Gasteiger partial charge in [-0.1, -0.05) is 35.4 Å². The van der Waals surface area contributed by atoms with Gasteiger partial charge in [-0.2, -0.15) is 8.42 Å². The topological polar surface area (TPSA) is 146 Å². The monoisotopic (exact) mass is 660 g/mol. The number of sulfone groups is 1. The zero-order chi connectivity index (χ0) is 32.4. The van der Waals surface area contributed by atoms with Crippen LogP contribution in [0.4, 0.5) is 0 Å². The van der Waals surface area contributed by atoms with Crippen molar-refractivity contribution in [2.45, 2.75) is 60.6 Å². The average Bonchev–Trinajstić information content (AvgIpc) is 2.93. The lowest BCUT2D eigenvalue weighted by atomic mass is 9.97.